The highest BCUT2D eigenvalue weighted by atomic mass is 35.5. The Morgan fingerprint density at radius 3 is 2.24 bits per heavy atom. The number of hydrogen-bond acceptors (Lipinski definition) is 8. The van der Waals surface area contributed by atoms with E-state index in [1.807, 2.05) is 6.92 Å². The lowest BCUT2D eigenvalue weighted by atomic mass is 10.1. The van der Waals surface area contributed by atoms with Crippen molar-refractivity contribution in [3.63, 3.8) is 0 Å². The highest BCUT2D eigenvalue weighted by Crippen LogP contribution is 2.38. The van der Waals surface area contributed by atoms with Crippen LogP contribution in [0.3, 0.4) is 0 Å². The van der Waals surface area contributed by atoms with Crippen molar-refractivity contribution in [2.45, 2.75) is 13.8 Å². The molecule has 0 atom stereocenters. The SMILES string of the molecule is CCOc1ccc(N2C(=O)NC(=O)/C(=C\c3cc(Cl)c(OCC(=O)Nc4ccc(OC)cc4)c(OCC)c3)C2=O)cc1. The zero-order valence-corrected chi connectivity index (χ0v) is 23.8. The molecule has 11 nitrogen and oxygen atoms in total. The maximum atomic E-state index is 13.3. The second-order valence-electron chi connectivity index (χ2n) is 8.71. The van der Waals surface area contributed by atoms with E-state index >= 15 is 0 Å². The maximum Gasteiger partial charge on any atom is 0.335 e. The fourth-order valence-corrected chi connectivity index (χ4v) is 4.27. The number of barbiturate groups is 1. The molecule has 0 spiro atoms. The Hall–Kier alpha value is -5.03. The lowest BCUT2D eigenvalue weighted by Crippen LogP contribution is -2.54. The second-order valence-corrected chi connectivity index (χ2v) is 9.12. The van der Waals surface area contributed by atoms with Crippen LogP contribution in [-0.4, -0.2) is 50.7 Å². The van der Waals surface area contributed by atoms with Crippen molar-refractivity contribution in [2.75, 3.05) is 37.1 Å². The first-order valence-corrected chi connectivity index (χ1v) is 13.3. The summed E-state index contributed by atoms with van der Waals surface area (Å²) in [6.45, 7) is 3.91. The van der Waals surface area contributed by atoms with Gasteiger partial charge in [-0.1, -0.05) is 11.6 Å². The van der Waals surface area contributed by atoms with Gasteiger partial charge in [-0.3, -0.25) is 19.7 Å². The van der Waals surface area contributed by atoms with Crippen LogP contribution in [-0.2, 0) is 14.4 Å². The Morgan fingerprint density at radius 2 is 1.60 bits per heavy atom. The molecule has 12 heteroatoms. The molecule has 1 aliphatic heterocycles. The first kappa shape index (κ1) is 29.9. The molecule has 1 fully saturated rings. The lowest BCUT2D eigenvalue weighted by Gasteiger charge is -2.26. The molecule has 1 aliphatic rings. The largest absolute Gasteiger partial charge is 0.497 e. The molecule has 1 saturated heterocycles. The van der Waals surface area contributed by atoms with E-state index in [9.17, 15) is 19.2 Å². The molecule has 3 aromatic carbocycles. The molecule has 1 heterocycles. The van der Waals surface area contributed by atoms with Crippen LogP contribution in [0.2, 0.25) is 5.02 Å². The number of nitrogens with one attached hydrogen (secondary N) is 2. The fraction of sp³-hybridized carbons (Fsp3) is 0.200. The van der Waals surface area contributed by atoms with Crippen molar-refractivity contribution >= 4 is 52.8 Å². The number of amides is 5. The number of carbonyl (C=O) groups is 4. The number of imide groups is 2. The summed E-state index contributed by atoms with van der Waals surface area (Å²) in [4.78, 5) is 51.8. The maximum absolute atomic E-state index is 13.3. The number of urea groups is 1. The topological polar surface area (TPSA) is 132 Å². The average molecular weight is 594 g/mol. The zero-order valence-electron chi connectivity index (χ0n) is 23.1. The third kappa shape index (κ3) is 6.99. The zero-order chi connectivity index (χ0) is 30.2. The van der Waals surface area contributed by atoms with E-state index in [1.165, 1.54) is 30.3 Å². The van der Waals surface area contributed by atoms with Gasteiger partial charge in [0.1, 0.15) is 17.1 Å². The lowest BCUT2D eigenvalue weighted by molar-refractivity contribution is -0.122. The summed E-state index contributed by atoms with van der Waals surface area (Å²) in [7, 11) is 1.55. The number of carbonyl (C=O) groups excluding carboxylic acids is 4. The molecule has 0 bridgehead atoms. The number of hydrogen-bond donors (Lipinski definition) is 2. The Bertz CT molecular complexity index is 1520. The summed E-state index contributed by atoms with van der Waals surface area (Å²) in [5.41, 5.74) is 0.840. The highest BCUT2D eigenvalue weighted by Gasteiger charge is 2.37. The third-order valence-corrected chi connectivity index (χ3v) is 6.15. The number of benzene rings is 3. The van der Waals surface area contributed by atoms with E-state index in [4.69, 9.17) is 30.5 Å². The van der Waals surface area contributed by atoms with E-state index in [0.717, 1.165) is 4.90 Å². The molecule has 218 valence electrons. The smallest absolute Gasteiger partial charge is 0.335 e. The van der Waals surface area contributed by atoms with Crippen LogP contribution in [0, 0.1) is 0 Å². The van der Waals surface area contributed by atoms with Crippen LogP contribution in [0.4, 0.5) is 16.2 Å². The molecular formula is C30H28ClN3O8. The van der Waals surface area contributed by atoms with Crippen molar-refractivity contribution < 1.29 is 38.1 Å². The normalized spacial score (nSPS) is 14.0. The van der Waals surface area contributed by atoms with Crippen molar-refractivity contribution in [1.82, 2.24) is 5.32 Å². The minimum Gasteiger partial charge on any atom is -0.497 e. The number of ether oxygens (including phenoxy) is 4. The minimum atomic E-state index is -0.879. The van der Waals surface area contributed by atoms with Gasteiger partial charge in [-0.05, 0) is 86.2 Å². The molecule has 2 N–H and O–H groups in total. The highest BCUT2D eigenvalue weighted by molar-refractivity contribution is 6.39. The van der Waals surface area contributed by atoms with Gasteiger partial charge in [0.05, 0.1) is 31.0 Å². The Labute approximate surface area is 246 Å². The van der Waals surface area contributed by atoms with Gasteiger partial charge in [-0.25, -0.2) is 9.69 Å². The number of rotatable bonds is 11. The molecule has 5 amide bonds. The molecule has 0 aliphatic carbocycles. The van der Waals surface area contributed by atoms with Crippen LogP contribution < -0.4 is 34.5 Å². The Morgan fingerprint density at radius 1 is 0.929 bits per heavy atom. The van der Waals surface area contributed by atoms with Crippen molar-refractivity contribution in [2.24, 2.45) is 0 Å². The fourth-order valence-electron chi connectivity index (χ4n) is 4.00. The molecule has 4 rings (SSSR count). The summed E-state index contributed by atoms with van der Waals surface area (Å²) >= 11 is 6.48. The van der Waals surface area contributed by atoms with Crippen molar-refractivity contribution in [1.29, 1.82) is 0 Å². The number of halogens is 1. The van der Waals surface area contributed by atoms with Crippen LogP contribution in [0.15, 0.2) is 66.2 Å². The van der Waals surface area contributed by atoms with Gasteiger partial charge >= 0.3 is 6.03 Å². The first-order chi connectivity index (χ1) is 20.2. The molecule has 0 radical (unpaired) electrons. The minimum absolute atomic E-state index is 0.0770. The average Bonchev–Trinajstić information content (AvgIpc) is 2.96. The third-order valence-electron chi connectivity index (χ3n) is 5.87. The Balaban J connectivity index is 1.54. The standard InChI is InChI=1S/C30H28ClN3O8/c1-4-40-22-12-8-20(9-13-22)34-29(37)23(28(36)33-30(34)38)14-18-15-24(31)27(25(16-18)41-5-2)42-17-26(35)32-19-6-10-21(39-3)11-7-19/h6-16H,4-5,17H2,1-3H3,(H,32,35)(H,33,36,38)/b23-14+. The predicted molar refractivity (Wildman–Crippen MR) is 156 cm³/mol. The number of anilines is 2. The summed E-state index contributed by atoms with van der Waals surface area (Å²) in [6.07, 6.45) is 1.29. The van der Waals surface area contributed by atoms with Gasteiger partial charge < -0.3 is 24.3 Å². The summed E-state index contributed by atoms with van der Waals surface area (Å²) < 4.78 is 21.9. The number of methoxy groups -OCH3 is 1. The van der Waals surface area contributed by atoms with E-state index in [2.05, 4.69) is 10.6 Å². The van der Waals surface area contributed by atoms with Crippen LogP contribution >= 0.6 is 11.6 Å². The quantitative estimate of drug-likeness (QED) is 0.239. The molecule has 0 unspecified atom stereocenters. The van der Waals surface area contributed by atoms with Crippen LogP contribution in [0.25, 0.3) is 6.08 Å². The number of nitrogens with zero attached hydrogens (tertiary/aromatic N) is 1. The van der Waals surface area contributed by atoms with Gasteiger partial charge in [-0.2, -0.15) is 0 Å². The van der Waals surface area contributed by atoms with Crippen molar-refractivity contribution in [3.8, 4) is 23.0 Å². The first-order valence-electron chi connectivity index (χ1n) is 12.9. The van der Waals surface area contributed by atoms with Gasteiger partial charge in [0, 0.05) is 5.69 Å². The van der Waals surface area contributed by atoms with Gasteiger partial charge in [0.15, 0.2) is 18.1 Å². The predicted octanol–water partition coefficient (Wildman–Crippen LogP) is 4.83. The molecule has 3 aromatic rings. The summed E-state index contributed by atoms with van der Waals surface area (Å²) in [6, 6.07) is 15.2. The molecule has 42 heavy (non-hydrogen) atoms. The Kier molecular flexibility index (Phi) is 9.66. The summed E-state index contributed by atoms with van der Waals surface area (Å²) in [5, 5.41) is 4.96. The van der Waals surface area contributed by atoms with E-state index in [-0.39, 0.29) is 41.0 Å². The van der Waals surface area contributed by atoms with Crippen LogP contribution in [0.1, 0.15) is 19.4 Å². The van der Waals surface area contributed by atoms with Crippen molar-refractivity contribution in [3.05, 3.63) is 76.8 Å². The molecular weight excluding hydrogens is 566 g/mol. The van der Waals surface area contributed by atoms with E-state index < -0.39 is 23.8 Å². The van der Waals surface area contributed by atoms with Gasteiger partial charge in [0.2, 0.25) is 0 Å². The molecule has 0 aromatic heterocycles. The second kappa shape index (κ2) is 13.6. The molecule has 0 saturated carbocycles. The monoisotopic (exact) mass is 593 g/mol. The van der Waals surface area contributed by atoms with Gasteiger partial charge in [-0.15, -0.1) is 0 Å². The van der Waals surface area contributed by atoms with E-state index in [0.29, 0.717) is 29.4 Å². The van der Waals surface area contributed by atoms with Crippen LogP contribution in [0.5, 0.6) is 23.0 Å². The summed E-state index contributed by atoms with van der Waals surface area (Å²) in [5.74, 6) is -0.608. The van der Waals surface area contributed by atoms with E-state index in [1.54, 1.807) is 50.4 Å². The van der Waals surface area contributed by atoms with Gasteiger partial charge in [0.25, 0.3) is 17.7 Å².